The third-order valence-corrected chi connectivity index (χ3v) is 4.95. The predicted molar refractivity (Wildman–Crippen MR) is 97.2 cm³/mol. The van der Waals surface area contributed by atoms with E-state index in [1.165, 1.54) is 0 Å². The van der Waals surface area contributed by atoms with Crippen LogP contribution in [0.1, 0.15) is 37.7 Å². The third-order valence-electron chi connectivity index (χ3n) is 4.95. The zero-order valence-corrected chi connectivity index (χ0v) is 15.1. The molecule has 0 spiro atoms. The molecule has 0 unspecified atom stereocenters. The largest absolute Gasteiger partial charge is 0.480 e. The van der Waals surface area contributed by atoms with Crippen LogP contribution in [0.5, 0.6) is 0 Å². The lowest BCUT2D eigenvalue weighted by Crippen LogP contribution is -2.60. The van der Waals surface area contributed by atoms with Gasteiger partial charge in [0.2, 0.25) is 5.91 Å². The Balaban J connectivity index is 2.03. The van der Waals surface area contributed by atoms with Crippen LogP contribution in [0.25, 0.3) is 0 Å². The Morgan fingerprint density at radius 3 is 2.22 bits per heavy atom. The van der Waals surface area contributed by atoms with Gasteiger partial charge in [-0.2, -0.15) is 0 Å². The molecule has 27 heavy (non-hydrogen) atoms. The van der Waals surface area contributed by atoms with Crippen LogP contribution in [0.3, 0.4) is 0 Å². The SMILES string of the molecule is O=C(O)[C@H](CCc1ccccc1)NC1(C(=O)NC[C@H](O)C(=O)O)CCCC1. The third kappa shape index (κ3) is 5.77. The van der Waals surface area contributed by atoms with E-state index in [9.17, 15) is 24.6 Å². The molecule has 148 valence electrons. The summed E-state index contributed by atoms with van der Waals surface area (Å²) >= 11 is 0. The summed E-state index contributed by atoms with van der Waals surface area (Å²) < 4.78 is 0. The number of aliphatic hydroxyl groups is 1. The standard InChI is InChI=1S/C19H26N2O6/c22-15(17(25)26)12-20-18(27)19(10-4-5-11-19)21-14(16(23)24)9-8-13-6-2-1-3-7-13/h1-3,6-7,14-15,21-22H,4-5,8-12H2,(H,20,27)(H,23,24)(H,25,26)/t14-,15-/m0/s1. The van der Waals surface area contributed by atoms with Gasteiger partial charge in [0, 0.05) is 0 Å². The molecule has 0 aliphatic heterocycles. The molecule has 1 amide bonds. The summed E-state index contributed by atoms with van der Waals surface area (Å²) in [4.78, 5) is 35.1. The van der Waals surface area contributed by atoms with Crippen LogP contribution < -0.4 is 10.6 Å². The zero-order chi connectivity index (χ0) is 19.9. The molecule has 1 aromatic carbocycles. The van der Waals surface area contributed by atoms with E-state index >= 15 is 0 Å². The zero-order valence-electron chi connectivity index (χ0n) is 15.1. The lowest BCUT2D eigenvalue weighted by Gasteiger charge is -2.32. The van der Waals surface area contributed by atoms with Gasteiger partial charge in [-0.3, -0.25) is 14.9 Å². The summed E-state index contributed by atoms with van der Waals surface area (Å²) in [5, 5.41) is 33.1. The monoisotopic (exact) mass is 378 g/mol. The minimum atomic E-state index is -1.69. The van der Waals surface area contributed by atoms with Crippen LogP contribution in [0.4, 0.5) is 0 Å². The number of carboxylic acids is 2. The van der Waals surface area contributed by atoms with Crippen LogP contribution in [-0.2, 0) is 20.8 Å². The summed E-state index contributed by atoms with van der Waals surface area (Å²) in [7, 11) is 0. The van der Waals surface area contributed by atoms with E-state index in [-0.39, 0.29) is 0 Å². The lowest BCUT2D eigenvalue weighted by molar-refractivity contribution is -0.146. The molecule has 1 aromatic rings. The Labute approximate surface area is 157 Å². The molecule has 0 aromatic heterocycles. The number of aliphatic hydroxyl groups excluding tert-OH is 1. The van der Waals surface area contributed by atoms with Crippen LogP contribution in [-0.4, -0.2) is 57.4 Å². The summed E-state index contributed by atoms with van der Waals surface area (Å²) in [6, 6.07) is 8.60. The normalized spacial score (nSPS) is 17.8. The van der Waals surface area contributed by atoms with Gasteiger partial charge in [0.25, 0.3) is 0 Å². The molecule has 8 heteroatoms. The Bertz CT molecular complexity index is 657. The van der Waals surface area contributed by atoms with Crippen molar-refractivity contribution in [3.8, 4) is 0 Å². The van der Waals surface area contributed by atoms with Crippen molar-refractivity contribution in [2.75, 3.05) is 6.54 Å². The van der Waals surface area contributed by atoms with Gasteiger partial charge in [0.05, 0.1) is 12.1 Å². The van der Waals surface area contributed by atoms with Gasteiger partial charge < -0.3 is 20.6 Å². The van der Waals surface area contributed by atoms with Crippen LogP contribution >= 0.6 is 0 Å². The summed E-state index contributed by atoms with van der Waals surface area (Å²) in [5.74, 6) is -2.92. The first-order valence-electron chi connectivity index (χ1n) is 9.08. The van der Waals surface area contributed by atoms with Gasteiger partial charge in [0.1, 0.15) is 6.04 Å². The molecule has 0 heterocycles. The highest BCUT2D eigenvalue weighted by atomic mass is 16.4. The maximum absolute atomic E-state index is 12.7. The van der Waals surface area contributed by atoms with E-state index in [0.29, 0.717) is 25.7 Å². The van der Waals surface area contributed by atoms with Crippen molar-refractivity contribution in [1.29, 1.82) is 0 Å². The number of nitrogens with one attached hydrogen (secondary N) is 2. The number of aliphatic carboxylic acids is 2. The van der Waals surface area contributed by atoms with Crippen molar-refractivity contribution in [3.63, 3.8) is 0 Å². The molecule has 0 bridgehead atoms. The number of hydrogen-bond acceptors (Lipinski definition) is 5. The first-order chi connectivity index (χ1) is 12.8. The lowest BCUT2D eigenvalue weighted by atomic mass is 9.93. The van der Waals surface area contributed by atoms with Crippen molar-refractivity contribution in [3.05, 3.63) is 35.9 Å². The van der Waals surface area contributed by atoms with E-state index in [0.717, 1.165) is 18.4 Å². The molecule has 2 rings (SSSR count). The molecular weight excluding hydrogens is 352 g/mol. The van der Waals surface area contributed by atoms with Gasteiger partial charge in [0.15, 0.2) is 6.10 Å². The first kappa shape index (κ1) is 20.9. The van der Waals surface area contributed by atoms with Gasteiger partial charge >= 0.3 is 11.9 Å². The number of rotatable bonds is 10. The highest BCUT2D eigenvalue weighted by molar-refractivity contribution is 5.88. The van der Waals surface area contributed by atoms with E-state index in [1.54, 1.807) is 0 Å². The molecule has 2 atom stereocenters. The average Bonchev–Trinajstić information content (AvgIpc) is 3.13. The van der Waals surface area contributed by atoms with Gasteiger partial charge in [-0.25, -0.2) is 4.79 Å². The second-order valence-electron chi connectivity index (χ2n) is 6.91. The molecule has 0 radical (unpaired) electrons. The second-order valence-corrected chi connectivity index (χ2v) is 6.91. The number of aryl methyl sites for hydroxylation is 1. The first-order valence-corrected chi connectivity index (χ1v) is 9.08. The van der Waals surface area contributed by atoms with Crippen molar-refractivity contribution < 1.29 is 29.7 Å². The van der Waals surface area contributed by atoms with Crippen LogP contribution in [0.15, 0.2) is 30.3 Å². The van der Waals surface area contributed by atoms with Crippen molar-refractivity contribution in [2.45, 2.75) is 56.2 Å². The minimum absolute atomic E-state index is 0.326. The molecule has 1 saturated carbocycles. The Hall–Kier alpha value is -2.45. The Kier molecular flexibility index (Phi) is 7.32. The number of amides is 1. The summed E-state index contributed by atoms with van der Waals surface area (Å²) in [5.41, 5.74) is -0.0436. The van der Waals surface area contributed by atoms with E-state index in [1.807, 2.05) is 30.3 Å². The van der Waals surface area contributed by atoms with Crippen molar-refractivity contribution in [1.82, 2.24) is 10.6 Å². The summed E-state index contributed by atoms with van der Waals surface area (Å²) in [6.07, 6.45) is 1.67. The fourth-order valence-electron chi connectivity index (χ4n) is 3.41. The number of carbonyl (C=O) groups is 3. The molecule has 1 fully saturated rings. The number of benzene rings is 1. The molecular formula is C19H26N2O6. The Morgan fingerprint density at radius 1 is 1.04 bits per heavy atom. The van der Waals surface area contributed by atoms with Gasteiger partial charge in [-0.1, -0.05) is 43.2 Å². The molecule has 1 aliphatic carbocycles. The van der Waals surface area contributed by atoms with Crippen molar-refractivity contribution in [2.24, 2.45) is 0 Å². The predicted octanol–water partition coefficient (Wildman–Crippen LogP) is 0.537. The van der Waals surface area contributed by atoms with Gasteiger partial charge in [-0.05, 0) is 31.2 Å². The molecule has 0 saturated heterocycles. The van der Waals surface area contributed by atoms with E-state index in [2.05, 4.69) is 10.6 Å². The number of hydrogen-bond donors (Lipinski definition) is 5. The maximum atomic E-state index is 12.7. The quantitative estimate of drug-likeness (QED) is 0.401. The maximum Gasteiger partial charge on any atom is 0.334 e. The number of carboxylic acid groups (broad SMARTS) is 2. The second kappa shape index (κ2) is 9.48. The fraction of sp³-hybridized carbons (Fsp3) is 0.526. The van der Waals surface area contributed by atoms with Crippen molar-refractivity contribution >= 4 is 17.8 Å². The number of carbonyl (C=O) groups excluding carboxylic acids is 1. The highest BCUT2D eigenvalue weighted by Gasteiger charge is 2.43. The molecule has 8 nitrogen and oxygen atoms in total. The van der Waals surface area contributed by atoms with E-state index < -0.39 is 42.1 Å². The minimum Gasteiger partial charge on any atom is -0.480 e. The van der Waals surface area contributed by atoms with Gasteiger partial charge in [-0.15, -0.1) is 0 Å². The Morgan fingerprint density at radius 2 is 1.67 bits per heavy atom. The topological polar surface area (TPSA) is 136 Å². The average molecular weight is 378 g/mol. The highest BCUT2D eigenvalue weighted by Crippen LogP contribution is 2.31. The molecule has 1 aliphatic rings. The summed E-state index contributed by atoms with van der Waals surface area (Å²) in [6.45, 7) is -0.417. The van der Waals surface area contributed by atoms with Crippen LogP contribution in [0.2, 0.25) is 0 Å². The molecule has 5 N–H and O–H groups in total. The fourth-order valence-corrected chi connectivity index (χ4v) is 3.41. The van der Waals surface area contributed by atoms with Crippen LogP contribution in [0, 0.1) is 0 Å². The van der Waals surface area contributed by atoms with E-state index in [4.69, 9.17) is 5.11 Å². The smallest absolute Gasteiger partial charge is 0.334 e.